The van der Waals surface area contributed by atoms with Gasteiger partial charge in [-0.1, -0.05) is 25.8 Å². The van der Waals surface area contributed by atoms with Gasteiger partial charge in [-0.2, -0.15) is 0 Å². The highest BCUT2D eigenvalue weighted by Crippen LogP contribution is 2.22. The van der Waals surface area contributed by atoms with E-state index in [2.05, 4.69) is 11.8 Å². The first-order valence-electron chi connectivity index (χ1n) is 9.64. The van der Waals surface area contributed by atoms with Crippen molar-refractivity contribution in [2.45, 2.75) is 46.0 Å². The van der Waals surface area contributed by atoms with Crippen LogP contribution in [0.25, 0.3) is 0 Å². The Labute approximate surface area is 151 Å². The van der Waals surface area contributed by atoms with E-state index in [4.69, 9.17) is 9.47 Å². The molecule has 1 aliphatic rings. The van der Waals surface area contributed by atoms with E-state index in [1.165, 1.54) is 19.3 Å². The number of ether oxygens (including phenoxy) is 2. The highest BCUT2D eigenvalue weighted by molar-refractivity contribution is 5.87. The number of rotatable bonds is 9. The molecule has 5 heteroatoms. The monoisotopic (exact) mass is 348 g/mol. The Hall–Kier alpha value is -1.75. The van der Waals surface area contributed by atoms with Crippen LogP contribution in [-0.4, -0.2) is 50.4 Å². The predicted molar refractivity (Wildman–Crippen MR) is 102 cm³/mol. The van der Waals surface area contributed by atoms with Crippen LogP contribution in [0.3, 0.4) is 0 Å². The summed E-state index contributed by atoms with van der Waals surface area (Å²) in [5, 5.41) is 0. The van der Waals surface area contributed by atoms with Crippen LogP contribution in [0.15, 0.2) is 24.3 Å². The third-order valence-corrected chi connectivity index (χ3v) is 4.51. The van der Waals surface area contributed by atoms with Crippen LogP contribution in [0.4, 0.5) is 10.5 Å². The minimum absolute atomic E-state index is 0.287. The fourth-order valence-corrected chi connectivity index (χ4v) is 3.02. The summed E-state index contributed by atoms with van der Waals surface area (Å²) >= 11 is 0. The van der Waals surface area contributed by atoms with Gasteiger partial charge in [0.2, 0.25) is 0 Å². The molecule has 0 saturated carbocycles. The zero-order valence-corrected chi connectivity index (χ0v) is 15.7. The number of benzene rings is 1. The fraction of sp³-hybridized carbons (Fsp3) is 0.650. The van der Waals surface area contributed by atoms with Crippen LogP contribution < -0.4 is 9.64 Å². The third kappa shape index (κ3) is 6.58. The summed E-state index contributed by atoms with van der Waals surface area (Å²) in [5.41, 5.74) is 0.819. The normalized spacial score (nSPS) is 15.0. The largest absolute Gasteiger partial charge is 0.494 e. The Kier molecular flexibility index (Phi) is 8.60. The zero-order valence-electron chi connectivity index (χ0n) is 15.7. The maximum atomic E-state index is 12.4. The van der Waals surface area contributed by atoms with Crippen molar-refractivity contribution in [3.05, 3.63) is 24.3 Å². The van der Waals surface area contributed by atoms with Crippen LogP contribution in [0.2, 0.25) is 0 Å². The molecule has 1 fully saturated rings. The van der Waals surface area contributed by atoms with Crippen LogP contribution in [0.1, 0.15) is 46.0 Å². The number of anilines is 1. The number of hydrogen-bond donors (Lipinski definition) is 0. The van der Waals surface area contributed by atoms with Gasteiger partial charge in [0.1, 0.15) is 12.4 Å². The van der Waals surface area contributed by atoms with Gasteiger partial charge in [0.05, 0.1) is 12.3 Å². The first-order valence-corrected chi connectivity index (χ1v) is 9.64. The summed E-state index contributed by atoms with van der Waals surface area (Å²) in [6, 6.07) is 7.67. The van der Waals surface area contributed by atoms with Crippen molar-refractivity contribution in [1.82, 2.24) is 4.90 Å². The molecule has 0 N–H and O–H groups in total. The number of amides is 1. The van der Waals surface area contributed by atoms with E-state index in [1.54, 1.807) is 4.90 Å². The third-order valence-electron chi connectivity index (χ3n) is 4.51. The standard InChI is InChI=1S/C20H32N2O3/c1-3-5-15-24-19-11-9-10-18(17-19)22(4-2)20(23)25-16-14-21-12-7-6-8-13-21/h9-11,17H,3-8,12-16H2,1-2H3. The van der Waals surface area contributed by atoms with Crippen LogP contribution >= 0.6 is 0 Å². The molecule has 1 amide bonds. The SMILES string of the molecule is CCCCOc1cccc(N(CC)C(=O)OCCN2CCCCC2)c1. The molecule has 1 aliphatic heterocycles. The molecule has 1 aromatic rings. The van der Waals surface area contributed by atoms with E-state index in [1.807, 2.05) is 31.2 Å². The second kappa shape index (κ2) is 11.0. The van der Waals surface area contributed by atoms with Crippen molar-refractivity contribution in [2.75, 3.05) is 44.3 Å². The Morgan fingerprint density at radius 3 is 2.68 bits per heavy atom. The van der Waals surface area contributed by atoms with Gasteiger partial charge in [0.25, 0.3) is 0 Å². The Morgan fingerprint density at radius 1 is 1.16 bits per heavy atom. The van der Waals surface area contributed by atoms with Crippen molar-refractivity contribution < 1.29 is 14.3 Å². The molecule has 25 heavy (non-hydrogen) atoms. The average molecular weight is 348 g/mol. The molecule has 5 nitrogen and oxygen atoms in total. The number of likely N-dealkylation sites (tertiary alicyclic amines) is 1. The number of unbranched alkanes of at least 4 members (excludes halogenated alkanes) is 1. The number of piperidine rings is 1. The molecule has 140 valence electrons. The number of carbonyl (C=O) groups is 1. The van der Waals surface area contributed by atoms with Crippen LogP contribution in [0.5, 0.6) is 5.75 Å². The van der Waals surface area contributed by atoms with Crippen molar-refractivity contribution in [3.63, 3.8) is 0 Å². The molecule has 0 radical (unpaired) electrons. The molecule has 0 aliphatic carbocycles. The van der Waals surface area contributed by atoms with E-state index in [0.29, 0.717) is 19.8 Å². The number of carbonyl (C=O) groups excluding carboxylic acids is 1. The van der Waals surface area contributed by atoms with Gasteiger partial charge < -0.3 is 9.47 Å². The van der Waals surface area contributed by atoms with Crippen molar-refractivity contribution >= 4 is 11.8 Å². The smallest absolute Gasteiger partial charge is 0.414 e. The van der Waals surface area contributed by atoms with Gasteiger partial charge >= 0.3 is 6.09 Å². The molecule has 2 rings (SSSR count). The summed E-state index contributed by atoms with van der Waals surface area (Å²) < 4.78 is 11.2. The second-order valence-electron chi connectivity index (χ2n) is 6.46. The van der Waals surface area contributed by atoms with Gasteiger partial charge in [-0.3, -0.25) is 9.80 Å². The fourth-order valence-electron chi connectivity index (χ4n) is 3.02. The Balaban J connectivity index is 1.84. The van der Waals surface area contributed by atoms with Gasteiger partial charge in [-0.25, -0.2) is 4.79 Å². The highest BCUT2D eigenvalue weighted by Gasteiger charge is 2.17. The van der Waals surface area contributed by atoms with E-state index in [-0.39, 0.29) is 6.09 Å². The van der Waals surface area contributed by atoms with E-state index in [0.717, 1.165) is 43.9 Å². The lowest BCUT2D eigenvalue weighted by Gasteiger charge is -2.27. The number of nitrogens with zero attached hydrogens (tertiary/aromatic N) is 2. The first-order chi connectivity index (χ1) is 12.2. The molecule has 0 bridgehead atoms. The summed E-state index contributed by atoms with van der Waals surface area (Å²) in [5.74, 6) is 0.797. The summed E-state index contributed by atoms with van der Waals surface area (Å²) in [6.45, 7) is 8.87. The van der Waals surface area contributed by atoms with E-state index >= 15 is 0 Å². The van der Waals surface area contributed by atoms with Crippen molar-refractivity contribution in [2.24, 2.45) is 0 Å². The molecule has 1 saturated heterocycles. The molecule has 1 heterocycles. The minimum atomic E-state index is -0.287. The lowest BCUT2D eigenvalue weighted by atomic mass is 10.1. The lowest BCUT2D eigenvalue weighted by Crippen LogP contribution is -2.36. The minimum Gasteiger partial charge on any atom is -0.494 e. The predicted octanol–water partition coefficient (Wildman–Crippen LogP) is 4.31. The van der Waals surface area contributed by atoms with Crippen LogP contribution in [-0.2, 0) is 4.74 Å². The van der Waals surface area contributed by atoms with Crippen LogP contribution in [0, 0.1) is 0 Å². The van der Waals surface area contributed by atoms with Gasteiger partial charge in [0, 0.05) is 19.2 Å². The van der Waals surface area contributed by atoms with Crippen molar-refractivity contribution in [1.29, 1.82) is 0 Å². The summed E-state index contributed by atoms with van der Waals surface area (Å²) in [6.07, 6.45) is 5.66. The van der Waals surface area contributed by atoms with Gasteiger partial charge in [-0.05, 0) is 51.4 Å². The Bertz CT molecular complexity index is 515. The maximum absolute atomic E-state index is 12.4. The topological polar surface area (TPSA) is 42.0 Å². The molecule has 0 aromatic heterocycles. The second-order valence-corrected chi connectivity index (χ2v) is 6.46. The summed E-state index contributed by atoms with van der Waals surface area (Å²) in [4.78, 5) is 16.5. The maximum Gasteiger partial charge on any atom is 0.414 e. The molecule has 1 aromatic carbocycles. The zero-order chi connectivity index (χ0) is 17.9. The van der Waals surface area contributed by atoms with Gasteiger partial charge in [-0.15, -0.1) is 0 Å². The molecular weight excluding hydrogens is 316 g/mol. The molecule has 0 unspecified atom stereocenters. The Morgan fingerprint density at radius 2 is 1.96 bits per heavy atom. The molecule has 0 atom stereocenters. The van der Waals surface area contributed by atoms with Crippen molar-refractivity contribution in [3.8, 4) is 5.75 Å². The highest BCUT2D eigenvalue weighted by atomic mass is 16.6. The molecular formula is C20H32N2O3. The first kappa shape index (κ1) is 19.6. The lowest BCUT2D eigenvalue weighted by molar-refractivity contribution is 0.126. The summed E-state index contributed by atoms with van der Waals surface area (Å²) in [7, 11) is 0. The quantitative estimate of drug-likeness (QED) is 0.624. The molecule has 0 spiro atoms. The van der Waals surface area contributed by atoms with E-state index in [9.17, 15) is 4.79 Å². The number of hydrogen-bond acceptors (Lipinski definition) is 4. The average Bonchev–Trinajstić information content (AvgIpc) is 2.64. The van der Waals surface area contributed by atoms with E-state index < -0.39 is 0 Å². The van der Waals surface area contributed by atoms with Gasteiger partial charge in [0.15, 0.2) is 0 Å².